The quantitative estimate of drug-likeness (QED) is 0.756. The molecule has 1 saturated carbocycles. The van der Waals surface area contributed by atoms with E-state index in [1.807, 2.05) is 13.1 Å². The molecule has 114 valence electrons. The van der Waals surface area contributed by atoms with Crippen molar-refractivity contribution in [3.05, 3.63) is 35.1 Å². The van der Waals surface area contributed by atoms with Crippen molar-refractivity contribution in [2.45, 2.75) is 64.3 Å². The maximum Gasteiger partial charge on any atom is 0.0298 e. The van der Waals surface area contributed by atoms with Gasteiger partial charge >= 0.3 is 0 Å². The molecule has 0 aromatic carbocycles. The van der Waals surface area contributed by atoms with Crippen molar-refractivity contribution in [2.75, 3.05) is 0 Å². The fourth-order valence-electron chi connectivity index (χ4n) is 4.32. The highest BCUT2D eigenvalue weighted by atomic mass is 14.7. The van der Waals surface area contributed by atoms with Crippen LogP contribution < -0.4 is 5.73 Å². The van der Waals surface area contributed by atoms with Crippen molar-refractivity contribution >= 4 is 6.21 Å². The minimum absolute atomic E-state index is 0.385. The Hall–Kier alpha value is -1.15. The van der Waals surface area contributed by atoms with Crippen molar-refractivity contribution in [2.24, 2.45) is 22.6 Å². The van der Waals surface area contributed by atoms with E-state index in [2.05, 4.69) is 23.3 Å². The van der Waals surface area contributed by atoms with Gasteiger partial charge in [-0.05, 0) is 74.0 Å². The number of rotatable bonds is 4. The van der Waals surface area contributed by atoms with E-state index in [9.17, 15) is 0 Å². The lowest BCUT2D eigenvalue weighted by atomic mass is 9.85. The van der Waals surface area contributed by atoms with E-state index >= 15 is 0 Å². The largest absolute Gasteiger partial charge is 0.327 e. The molecule has 3 aliphatic rings. The minimum Gasteiger partial charge on any atom is -0.327 e. The molecule has 0 saturated heterocycles. The summed E-state index contributed by atoms with van der Waals surface area (Å²) in [4.78, 5) is 4.36. The molecule has 0 radical (unpaired) electrons. The van der Waals surface area contributed by atoms with Gasteiger partial charge in [-0.3, -0.25) is 4.99 Å². The van der Waals surface area contributed by atoms with Gasteiger partial charge in [0.05, 0.1) is 0 Å². The Morgan fingerprint density at radius 1 is 1.38 bits per heavy atom. The Balaban J connectivity index is 1.74. The number of aliphatic imine (C=N–C) groups is 1. The van der Waals surface area contributed by atoms with Crippen molar-refractivity contribution in [3.8, 4) is 0 Å². The molecule has 2 nitrogen and oxygen atoms in total. The fourth-order valence-corrected chi connectivity index (χ4v) is 4.32. The van der Waals surface area contributed by atoms with Gasteiger partial charge in [0, 0.05) is 18.5 Å². The molecule has 0 heterocycles. The Kier molecular flexibility index (Phi) is 4.74. The molecule has 0 aromatic rings. The van der Waals surface area contributed by atoms with Gasteiger partial charge in [-0.25, -0.2) is 0 Å². The third kappa shape index (κ3) is 3.21. The summed E-state index contributed by atoms with van der Waals surface area (Å²) >= 11 is 0. The molecule has 0 aromatic heterocycles. The first kappa shape index (κ1) is 14.8. The summed E-state index contributed by atoms with van der Waals surface area (Å²) in [5.74, 6) is 1.40. The van der Waals surface area contributed by atoms with E-state index in [1.165, 1.54) is 44.1 Å². The summed E-state index contributed by atoms with van der Waals surface area (Å²) in [6.07, 6.45) is 18.8. The summed E-state index contributed by atoms with van der Waals surface area (Å²) in [5, 5.41) is 0. The summed E-state index contributed by atoms with van der Waals surface area (Å²) in [6.45, 7) is 1.98. The van der Waals surface area contributed by atoms with E-state index in [4.69, 9.17) is 5.73 Å². The van der Waals surface area contributed by atoms with E-state index in [-0.39, 0.29) is 0 Å². The minimum atomic E-state index is 0.385. The van der Waals surface area contributed by atoms with Crippen molar-refractivity contribution < 1.29 is 0 Å². The average Bonchev–Trinajstić information content (AvgIpc) is 3.14. The van der Waals surface area contributed by atoms with Crippen LogP contribution in [0.15, 0.2) is 40.1 Å². The van der Waals surface area contributed by atoms with Crippen LogP contribution in [0.25, 0.3) is 0 Å². The van der Waals surface area contributed by atoms with Gasteiger partial charge in [-0.15, -0.1) is 0 Å². The summed E-state index contributed by atoms with van der Waals surface area (Å²) in [5.41, 5.74) is 11.1. The topological polar surface area (TPSA) is 38.4 Å². The summed E-state index contributed by atoms with van der Waals surface area (Å²) in [6, 6.07) is 0.385. The number of nitrogens with two attached hydrogens (primary N) is 1. The third-order valence-electron chi connectivity index (χ3n) is 5.44. The van der Waals surface area contributed by atoms with Gasteiger partial charge in [0.25, 0.3) is 0 Å². The maximum atomic E-state index is 6.53. The SMILES string of the molecule is CC=N/C=C1\CC(CC(N)C2CCCC2)C2=C1CCC=C2. The van der Waals surface area contributed by atoms with Gasteiger partial charge in [-0.1, -0.05) is 25.0 Å². The molecule has 0 bridgehead atoms. The molecule has 0 aliphatic heterocycles. The first-order valence-corrected chi connectivity index (χ1v) is 8.62. The zero-order chi connectivity index (χ0) is 14.7. The monoisotopic (exact) mass is 284 g/mol. The Morgan fingerprint density at radius 2 is 2.19 bits per heavy atom. The second-order valence-electron chi connectivity index (χ2n) is 6.78. The highest BCUT2D eigenvalue weighted by molar-refractivity contribution is 5.56. The molecule has 21 heavy (non-hydrogen) atoms. The van der Waals surface area contributed by atoms with Gasteiger partial charge in [0.15, 0.2) is 0 Å². The molecule has 0 amide bonds. The maximum absolute atomic E-state index is 6.53. The van der Waals surface area contributed by atoms with Crippen LogP contribution in [0.4, 0.5) is 0 Å². The average molecular weight is 284 g/mol. The van der Waals surface area contributed by atoms with Crippen LogP contribution in [-0.4, -0.2) is 12.3 Å². The lowest BCUT2D eigenvalue weighted by Gasteiger charge is -2.23. The van der Waals surface area contributed by atoms with Crippen molar-refractivity contribution in [3.63, 3.8) is 0 Å². The molecule has 2 heteroatoms. The van der Waals surface area contributed by atoms with Gasteiger partial charge in [0.1, 0.15) is 0 Å². The molecular formula is C19H28N2. The van der Waals surface area contributed by atoms with Crippen molar-refractivity contribution in [1.82, 2.24) is 0 Å². The fraction of sp³-hybridized carbons (Fsp3) is 0.632. The lowest BCUT2D eigenvalue weighted by molar-refractivity contribution is 0.371. The zero-order valence-electron chi connectivity index (χ0n) is 13.2. The van der Waals surface area contributed by atoms with Crippen LogP contribution in [0.3, 0.4) is 0 Å². The summed E-state index contributed by atoms with van der Waals surface area (Å²) < 4.78 is 0. The van der Waals surface area contributed by atoms with Gasteiger partial charge < -0.3 is 5.73 Å². The summed E-state index contributed by atoms with van der Waals surface area (Å²) in [7, 11) is 0. The standard InChI is InChI=1S/C19H28N2/c1-2-21-13-16-11-15(17-9-5-6-10-18(16)17)12-19(20)14-7-3-4-8-14/h2,5,9,13-15,19H,3-4,6-8,10-12,20H2,1H3/b16-13+,21-2?. The highest BCUT2D eigenvalue weighted by Crippen LogP contribution is 2.44. The van der Waals surface area contributed by atoms with Crippen molar-refractivity contribution in [1.29, 1.82) is 0 Å². The first-order valence-electron chi connectivity index (χ1n) is 8.62. The molecule has 2 unspecified atom stereocenters. The second-order valence-corrected chi connectivity index (χ2v) is 6.78. The van der Waals surface area contributed by atoms with E-state index < -0.39 is 0 Å². The molecule has 0 spiro atoms. The molecule has 1 fully saturated rings. The number of nitrogens with zero attached hydrogens (tertiary/aromatic N) is 1. The predicted octanol–water partition coefficient (Wildman–Crippen LogP) is 4.54. The van der Waals surface area contributed by atoms with Gasteiger partial charge in [0.2, 0.25) is 0 Å². The first-order chi connectivity index (χ1) is 10.3. The predicted molar refractivity (Wildman–Crippen MR) is 90.3 cm³/mol. The highest BCUT2D eigenvalue weighted by Gasteiger charge is 2.32. The van der Waals surface area contributed by atoms with Crippen LogP contribution in [0.2, 0.25) is 0 Å². The van der Waals surface area contributed by atoms with Crippen LogP contribution in [0.1, 0.15) is 58.3 Å². The van der Waals surface area contributed by atoms with Crippen LogP contribution in [-0.2, 0) is 0 Å². The molecular weight excluding hydrogens is 256 g/mol. The number of allylic oxidation sites excluding steroid dienone is 5. The lowest BCUT2D eigenvalue weighted by Crippen LogP contribution is -2.30. The van der Waals surface area contributed by atoms with E-state index in [1.54, 1.807) is 11.1 Å². The molecule has 3 rings (SSSR count). The zero-order valence-corrected chi connectivity index (χ0v) is 13.2. The number of hydrogen-bond acceptors (Lipinski definition) is 2. The van der Waals surface area contributed by atoms with Crippen LogP contribution >= 0.6 is 0 Å². The molecule has 3 aliphatic carbocycles. The molecule has 2 N–H and O–H groups in total. The van der Waals surface area contributed by atoms with E-state index in [0.717, 1.165) is 18.8 Å². The third-order valence-corrected chi connectivity index (χ3v) is 5.44. The Labute approximate surface area is 128 Å². The smallest absolute Gasteiger partial charge is 0.0298 e. The van der Waals surface area contributed by atoms with Crippen LogP contribution in [0, 0.1) is 11.8 Å². The second kappa shape index (κ2) is 6.74. The van der Waals surface area contributed by atoms with Gasteiger partial charge in [-0.2, -0.15) is 0 Å². The normalized spacial score (nSPS) is 29.8. The van der Waals surface area contributed by atoms with E-state index in [0.29, 0.717) is 12.0 Å². The number of hydrogen-bond donors (Lipinski definition) is 1. The Bertz CT molecular complexity index is 490. The molecule has 2 atom stereocenters. The Morgan fingerprint density at radius 3 is 2.95 bits per heavy atom. The van der Waals surface area contributed by atoms with Crippen LogP contribution in [0.5, 0.6) is 0 Å².